The van der Waals surface area contributed by atoms with Gasteiger partial charge in [-0.25, -0.2) is 4.98 Å². The van der Waals surface area contributed by atoms with Gasteiger partial charge in [0.15, 0.2) is 5.82 Å². The van der Waals surface area contributed by atoms with Crippen LogP contribution in [0, 0.1) is 0 Å². The summed E-state index contributed by atoms with van der Waals surface area (Å²) in [6, 6.07) is 57.7. The molecule has 0 atom stereocenters. The van der Waals surface area contributed by atoms with E-state index in [-0.39, 0.29) is 10.8 Å². The van der Waals surface area contributed by atoms with Gasteiger partial charge in [0.2, 0.25) is 5.71 Å². The third-order valence-electron chi connectivity index (χ3n) is 13.7. The van der Waals surface area contributed by atoms with Crippen molar-refractivity contribution in [3.05, 3.63) is 180 Å². The summed E-state index contributed by atoms with van der Waals surface area (Å²) in [5.74, 6) is 0.649. The summed E-state index contributed by atoms with van der Waals surface area (Å²) in [5.41, 5.74) is 20.9. The number of nitrogens with zero attached hydrogens (tertiary/aromatic N) is 2. The number of hydrogen-bond acceptors (Lipinski definition) is 3. The number of fused-ring (bicyclic) bond motifs is 11. The first kappa shape index (κ1) is 33.5. The summed E-state index contributed by atoms with van der Waals surface area (Å²) in [4.78, 5) is 10.1. The fourth-order valence-electron chi connectivity index (χ4n) is 10.8. The van der Waals surface area contributed by atoms with Gasteiger partial charge in [0, 0.05) is 27.3 Å². The maximum absolute atomic E-state index is 6.29. The van der Waals surface area contributed by atoms with Crippen LogP contribution < -0.4 is 0 Å². The van der Waals surface area contributed by atoms with Crippen molar-refractivity contribution in [1.29, 1.82) is 0 Å². The third kappa shape index (κ3) is 4.86. The molecule has 3 aliphatic rings. The van der Waals surface area contributed by atoms with Gasteiger partial charge in [0.05, 0.1) is 11.1 Å². The molecule has 1 fully saturated rings. The van der Waals surface area contributed by atoms with Crippen molar-refractivity contribution in [3.8, 4) is 67.2 Å². The minimum Gasteiger partial charge on any atom is -0.438 e. The van der Waals surface area contributed by atoms with Gasteiger partial charge in [-0.1, -0.05) is 161 Å². The molecule has 7 aromatic carbocycles. The highest BCUT2D eigenvalue weighted by Crippen LogP contribution is 2.60. The molecule has 0 N–H and O–H groups in total. The van der Waals surface area contributed by atoms with Crippen molar-refractivity contribution >= 4 is 22.1 Å². The van der Waals surface area contributed by atoms with Gasteiger partial charge in [-0.05, 0) is 110 Å². The molecule has 2 aromatic heterocycles. The molecule has 278 valence electrons. The van der Waals surface area contributed by atoms with Gasteiger partial charge in [-0.2, -0.15) is 4.98 Å². The van der Waals surface area contributed by atoms with Crippen LogP contribution >= 0.6 is 0 Å². The Morgan fingerprint density at radius 2 is 1.09 bits per heavy atom. The van der Waals surface area contributed by atoms with Crippen LogP contribution in [0.15, 0.2) is 162 Å². The Balaban J connectivity index is 0.907. The van der Waals surface area contributed by atoms with Gasteiger partial charge in [-0.3, -0.25) is 0 Å². The molecular formula is C55H42N2O. The topological polar surface area (TPSA) is 38.9 Å². The third-order valence-corrected chi connectivity index (χ3v) is 13.7. The number of benzene rings is 7. The standard InChI is InChI=1S/C55H42N2O/c1-54(2)45-27-26-39(31-42(45)44-33-48-43(32-47(44)54)40-18-7-9-20-46(40)55(48)28-11-4-12-29-55)38-17-13-16-37(30-38)34-22-24-36(25-23-34)52-56-51(35-14-5-3-6-15-35)50-41-19-8-10-21-49(41)58-53(50)57-52/h3,5-10,13-27,30-33H,4,11-12,28-29H2,1-2H3. The molecule has 12 rings (SSSR count). The van der Waals surface area contributed by atoms with Crippen LogP contribution in [0.4, 0.5) is 0 Å². The molecule has 0 amide bonds. The Labute approximate surface area is 339 Å². The molecule has 2 heterocycles. The second-order valence-electron chi connectivity index (χ2n) is 17.2. The first-order chi connectivity index (χ1) is 28.5. The highest BCUT2D eigenvalue weighted by atomic mass is 16.3. The molecular weight excluding hydrogens is 705 g/mol. The number of aromatic nitrogens is 2. The number of hydrogen-bond donors (Lipinski definition) is 0. The molecule has 1 saturated carbocycles. The van der Waals surface area contributed by atoms with Crippen molar-refractivity contribution in [3.63, 3.8) is 0 Å². The Kier molecular flexibility index (Phi) is 7.21. The Bertz CT molecular complexity index is 3110. The van der Waals surface area contributed by atoms with Crippen LogP contribution in [0.1, 0.15) is 68.2 Å². The second kappa shape index (κ2) is 12.5. The summed E-state index contributed by atoms with van der Waals surface area (Å²) in [6.07, 6.45) is 6.45. The second-order valence-corrected chi connectivity index (χ2v) is 17.2. The van der Waals surface area contributed by atoms with E-state index in [2.05, 4.69) is 135 Å². The fraction of sp³-hybridized carbons (Fsp3) is 0.164. The van der Waals surface area contributed by atoms with E-state index in [1.165, 1.54) is 82.2 Å². The highest BCUT2D eigenvalue weighted by Gasteiger charge is 2.46. The predicted octanol–water partition coefficient (Wildman–Crippen LogP) is 14.6. The predicted molar refractivity (Wildman–Crippen MR) is 238 cm³/mol. The normalized spacial score (nSPS) is 15.7. The number of para-hydroxylation sites is 1. The summed E-state index contributed by atoms with van der Waals surface area (Å²) >= 11 is 0. The van der Waals surface area contributed by atoms with Crippen LogP contribution in [-0.2, 0) is 10.8 Å². The molecule has 0 bridgehead atoms. The Morgan fingerprint density at radius 3 is 1.93 bits per heavy atom. The van der Waals surface area contributed by atoms with Crippen molar-refractivity contribution in [2.45, 2.75) is 56.8 Å². The maximum atomic E-state index is 6.29. The van der Waals surface area contributed by atoms with E-state index in [4.69, 9.17) is 14.4 Å². The monoisotopic (exact) mass is 746 g/mol. The Hall–Kier alpha value is -6.58. The van der Waals surface area contributed by atoms with Crippen molar-refractivity contribution in [2.75, 3.05) is 0 Å². The van der Waals surface area contributed by atoms with Crippen LogP contribution in [0.2, 0.25) is 0 Å². The summed E-state index contributed by atoms with van der Waals surface area (Å²) < 4.78 is 6.29. The van der Waals surface area contributed by atoms with Crippen LogP contribution in [-0.4, -0.2) is 9.97 Å². The largest absolute Gasteiger partial charge is 0.438 e. The van der Waals surface area contributed by atoms with Gasteiger partial charge >= 0.3 is 0 Å². The van der Waals surface area contributed by atoms with Crippen molar-refractivity contribution in [1.82, 2.24) is 9.97 Å². The molecule has 3 aliphatic carbocycles. The van der Waals surface area contributed by atoms with E-state index in [9.17, 15) is 0 Å². The zero-order valence-electron chi connectivity index (χ0n) is 32.8. The average molecular weight is 747 g/mol. The van der Waals surface area contributed by atoms with E-state index < -0.39 is 0 Å². The lowest BCUT2D eigenvalue weighted by molar-refractivity contribution is 0.353. The molecule has 0 unspecified atom stereocenters. The molecule has 9 aromatic rings. The molecule has 0 saturated heterocycles. The first-order valence-corrected chi connectivity index (χ1v) is 20.9. The van der Waals surface area contributed by atoms with Crippen LogP contribution in [0.5, 0.6) is 0 Å². The number of furan rings is 1. The van der Waals surface area contributed by atoms with E-state index in [0.29, 0.717) is 11.5 Å². The van der Waals surface area contributed by atoms with Crippen LogP contribution in [0.25, 0.3) is 89.2 Å². The zero-order chi connectivity index (χ0) is 38.6. The van der Waals surface area contributed by atoms with Gasteiger partial charge in [-0.15, -0.1) is 0 Å². The first-order valence-electron chi connectivity index (χ1n) is 20.9. The van der Waals surface area contributed by atoms with Gasteiger partial charge in [0.25, 0.3) is 0 Å². The summed E-state index contributed by atoms with van der Waals surface area (Å²) in [5, 5.41) is 1.97. The van der Waals surface area contributed by atoms with E-state index in [1.807, 2.05) is 36.4 Å². The average Bonchev–Trinajstić information content (AvgIpc) is 3.86. The lowest BCUT2D eigenvalue weighted by Gasteiger charge is -2.36. The number of rotatable bonds is 4. The SMILES string of the molecule is CC1(C)c2ccc(-c3cccc(-c4ccc(-c5nc(-c6ccccc6)c6c(n5)oc5ccccc56)cc4)c3)cc2-c2cc3c(cc21)-c1ccccc1C31CCCCC1. The zero-order valence-corrected chi connectivity index (χ0v) is 32.8. The van der Waals surface area contributed by atoms with E-state index >= 15 is 0 Å². The van der Waals surface area contributed by atoms with Crippen molar-refractivity contribution < 1.29 is 4.42 Å². The minimum absolute atomic E-state index is 0.0698. The lowest BCUT2D eigenvalue weighted by Crippen LogP contribution is -2.28. The van der Waals surface area contributed by atoms with Crippen molar-refractivity contribution in [2.24, 2.45) is 0 Å². The van der Waals surface area contributed by atoms with E-state index in [1.54, 1.807) is 11.1 Å². The quantitative estimate of drug-likeness (QED) is 0.180. The Morgan fingerprint density at radius 1 is 0.448 bits per heavy atom. The lowest BCUT2D eigenvalue weighted by atomic mass is 9.67. The highest BCUT2D eigenvalue weighted by molar-refractivity contribution is 6.10. The molecule has 0 aliphatic heterocycles. The molecule has 58 heavy (non-hydrogen) atoms. The fourth-order valence-corrected chi connectivity index (χ4v) is 10.8. The van der Waals surface area contributed by atoms with Crippen LogP contribution in [0.3, 0.4) is 0 Å². The smallest absolute Gasteiger partial charge is 0.231 e. The van der Waals surface area contributed by atoms with Gasteiger partial charge in [0.1, 0.15) is 5.58 Å². The summed E-state index contributed by atoms with van der Waals surface area (Å²) in [6.45, 7) is 4.82. The summed E-state index contributed by atoms with van der Waals surface area (Å²) in [7, 11) is 0. The minimum atomic E-state index is -0.0698. The maximum Gasteiger partial charge on any atom is 0.231 e. The molecule has 3 nitrogen and oxygen atoms in total. The van der Waals surface area contributed by atoms with Gasteiger partial charge < -0.3 is 4.42 Å². The molecule has 3 heteroatoms. The van der Waals surface area contributed by atoms with E-state index in [0.717, 1.165) is 38.7 Å². The molecule has 1 spiro atoms. The molecule has 0 radical (unpaired) electrons.